The van der Waals surface area contributed by atoms with Crippen molar-refractivity contribution in [3.8, 4) is 0 Å². The van der Waals surface area contributed by atoms with Crippen molar-refractivity contribution in [1.82, 2.24) is 15.3 Å². The van der Waals surface area contributed by atoms with Crippen LogP contribution < -0.4 is 15.5 Å². The molecule has 1 aromatic heterocycles. The van der Waals surface area contributed by atoms with Crippen molar-refractivity contribution in [2.45, 2.75) is 13.0 Å². The lowest BCUT2D eigenvalue weighted by molar-refractivity contribution is -0.120. The zero-order valence-corrected chi connectivity index (χ0v) is 14.5. The van der Waals surface area contributed by atoms with Gasteiger partial charge in [0.1, 0.15) is 5.82 Å². The zero-order valence-electron chi connectivity index (χ0n) is 14.5. The third-order valence-electron chi connectivity index (χ3n) is 4.49. The Balaban J connectivity index is 1.65. The number of carbonyl (C=O) groups excluding carboxylic acids is 1. The highest BCUT2D eigenvalue weighted by Gasteiger charge is 2.17. The van der Waals surface area contributed by atoms with Crippen molar-refractivity contribution < 1.29 is 4.79 Å². The van der Waals surface area contributed by atoms with E-state index in [0.717, 1.165) is 16.7 Å². The predicted octanol–water partition coefficient (Wildman–Crippen LogP) is 2.57. The first-order valence-electron chi connectivity index (χ1n) is 8.86. The predicted molar refractivity (Wildman–Crippen MR) is 103 cm³/mol. The molecular weight excluding hydrogens is 326 g/mol. The van der Waals surface area contributed by atoms with Gasteiger partial charge >= 0.3 is 0 Å². The molecule has 0 unspecified atom stereocenters. The second-order valence-corrected chi connectivity index (χ2v) is 6.32. The Morgan fingerprint density at radius 1 is 1.00 bits per heavy atom. The van der Waals surface area contributed by atoms with Crippen LogP contribution >= 0.6 is 0 Å². The van der Waals surface area contributed by atoms with E-state index in [4.69, 9.17) is 9.97 Å². The molecule has 4 rings (SSSR count). The lowest BCUT2D eigenvalue weighted by Gasteiger charge is -2.21. The molecule has 132 valence electrons. The zero-order chi connectivity index (χ0) is 17.8. The van der Waals surface area contributed by atoms with Crippen LogP contribution in [0, 0.1) is 0 Å². The van der Waals surface area contributed by atoms with Crippen LogP contribution in [0.3, 0.4) is 0 Å². The summed E-state index contributed by atoms with van der Waals surface area (Å²) >= 11 is 0. The number of hydrogen-bond acceptors (Lipinski definition) is 5. The topological polar surface area (TPSA) is 70.2 Å². The van der Waals surface area contributed by atoms with Gasteiger partial charge in [-0.05, 0) is 17.7 Å². The molecular formula is C20H21N5O. The quantitative estimate of drug-likeness (QED) is 0.759. The van der Waals surface area contributed by atoms with E-state index in [-0.39, 0.29) is 5.91 Å². The SMILES string of the molecule is O=C1CCN(c2nc(NCc3ccccc3)c3ccccc3n2)CCN1. The summed E-state index contributed by atoms with van der Waals surface area (Å²) in [6, 6.07) is 18.2. The monoisotopic (exact) mass is 347 g/mol. The van der Waals surface area contributed by atoms with Crippen molar-refractivity contribution in [2.24, 2.45) is 0 Å². The second kappa shape index (κ2) is 7.39. The fourth-order valence-corrected chi connectivity index (χ4v) is 3.09. The minimum absolute atomic E-state index is 0.0794. The van der Waals surface area contributed by atoms with Crippen molar-refractivity contribution in [3.05, 3.63) is 60.2 Å². The van der Waals surface area contributed by atoms with Crippen LogP contribution in [0.4, 0.5) is 11.8 Å². The number of fused-ring (bicyclic) bond motifs is 1. The van der Waals surface area contributed by atoms with Gasteiger partial charge in [0.25, 0.3) is 0 Å². The summed E-state index contributed by atoms with van der Waals surface area (Å²) in [5.41, 5.74) is 2.10. The van der Waals surface area contributed by atoms with Gasteiger partial charge < -0.3 is 15.5 Å². The van der Waals surface area contributed by atoms with Crippen molar-refractivity contribution in [1.29, 1.82) is 0 Å². The Morgan fingerprint density at radius 3 is 2.69 bits per heavy atom. The maximum Gasteiger partial charge on any atom is 0.227 e. The molecule has 0 radical (unpaired) electrons. The largest absolute Gasteiger partial charge is 0.365 e. The van der Waals surface area contributed by atoms with Crippen LogP contribution in [0.2, 0.25) is 0 Å². The summed E-state index contributed by atoms with van der Waals surface area (Å²) in [5, 5.41) is 7.33. The van der Waals surface area contributed by atoms with E-state index >= 15 is 0 Å². The molecule has 0 aliphatic carbocycles. The average molecular weight is 347 g/mol. The molecule has 2 N–H and O–H groups in total. The van der Waals surface area contributed by atoms with Gasteiger partial charge in [-0.1, -0.05) is 42.5 Å². The lowest BCUT2D eigenvalue weighted by atomic mass is 10.2. The van der Waals surface area contributed by atoms with Crippen LogP contribution in [0.5, 0.6) is 0 Å². The number of amides is 1. The van der Waals surface area contributed by atoms with Gasteiger partial charge in [-0.2, -0.15) is 4.98 Å². The molecule has 6 nitrogen and oxygen atoms in total. The van der Waals surface area contributed by atoms with E-state index in [2.05, 4.69) is 27.7 Å². The smallest absolute Gasteiger partial charge is 0.227 e. The molecule has 1 amide bonds. The molecule has 2 aromatic carbocycles. The summed E-state index contributed by atoms with van der Waals surface area (Å²) in [5.74, 6) is 1.56. The Kier molecular flexibility index (Phi) is 4.64. The van der Waals surface area contributed by atoms with E-state index in [0.29, 0.717) is 38.5 Å². The molecule has 1 fully saturated rings. The maximum absolute atomic E-state index is 11.6. The third kappa shape index (κ3) is 3.59. The number of benzene rings is 2. The summed E-state index contributed by atoms with van der Waals surface area (Å²) < 4.78 is 0. The van der Waals surface area contributed by atoms with Crippen LogP contribution in [0.1, 0.15) is 12.0 Å². The van der Waals surface area contributed by atoms with Gasteiger partial charge in [0, 0.05) is 38.0 Å². The Bertz CT molecular complexity index is 912. The molecule has 1 aliphatic rings. The first-order chi connectivity index (χ1) is 12.8. The molecule has 0 bridgehead atoms. The van der Waals surface area contributed by atoms with Gasteiger partial charge in [-0.15, -0.1) is 0 Å². The molecule has 2 heterocycles. The molecule has 26 heavy (non-hydrogen) atoms. The standard InChI is InChI=1S/C20H21N5O/c26-18-10-12-25(13-11-21-18)20-23-17-9-5-4-8-16(17)19(24-20)22-14-15-6-2-1-3-7-15/h1-9H,10-14H2,(H,21,26)(H,22,23,24). The Labute approximate surface area is 152 Å². The molecule has 3 aromatic rings. The van der Waals surface area contributed by atoms with E-state index in [1.54, 1.807) is 0 Å². The highest BCUT2D eigenvalue weighted by Crippen LogP contribution is 2.24. The van der Waals surface area contributed by atoms with Crippen molar-refractivity contribution in [2.75, 3.05) is 29.9 Å². The number of aromatic nitrogens is 2. The van der Waals surface area contributed by atoms with Crippen molar-refractivity contribution in [3.63, 3.8) is 0 Å². The minimum atomic E-state index is 0.0794. The average Bonchev–Trinajstić information content (AvgIpc) is 2.91. The molecule has 0 saturated carbocycles. The number of carbonyl (C=O) groups is 1. The first kappa shape index (κ1) is 16.3. The third-order valence-corrected chi connectivity index (χ3v) is 4.49. The van der Waals surface area contributed by atoms with E-state index < -0.39 is 0 Å². The normalized spacial score (nSPS) is 14.8. The molecule has 0 spiro atoms. The van der Waals surface area contributed by atoms with E-state index in [9.17, 15) is 4.79 Å². The molecule has 6 heteroatoms. The summed E-state index contributed by atoms with van der Waals surface area (Å²) in [7, 11) is 0. The van der Waals surface area contributed by atoms with Crippen LogP contribution in [0.25, 0.3) is 10.9 Å². The van der Waals surface area contributed by atoms with Gasteiger partial charge in [0.2, 0.25) is 11.9 Å². The van der Waals surface area contributed by atoms with E-state index in [1.807, 2.05) is 42.5 Å². The number of hydrogen-bond donors (Lipinski definition) is 2. The summed E-state index contributed by atoms with van der Waals surface area (Å²) in [4.78, 5) is 23.2. The Hall–Kier alpha value is -3.15. The lowest BCUT2D eigenvalue weighted by Crippen LogP contribution is -2.30. The number of nitrogens with zero attached hydrogens (tertiary/aromatic N) is 3. The number of nitrogens with one attached hydrogen (secondary N) is 2. The van der Waals surface area contributed by atoms with Gasteiger partial charge in [-0.3, -0.25) is 4.79 Å². The maximum atomic E-state index is 11.6. The molecule has 1 saturated heterocycles. The highest BCUT2D eigenvalue weighted by atomic mass is 16.1. The summed E-state index contributed by atoms with van der Waals surface area (Å²) in [6.07, 6.45) is 0.461. The molecule has 0 atom stereocenters. The van der Waals surface area contributed by atoms with Gasteiger partial charge in [0.15, 0.2) is 0 Å². The summed E-state index contributed by atoms with van der Waals surface area (Å²) in [6.45, 7) is 2.65. The minimum Gasteiger partial charge on any atom is -0.365 e. The highest BCUT2D eigenvalue weighted by molar-refractivity contribution is 5.90. The van der Waals surface area contributed by atoms with E-state index in [1.165, 1.54) is 5.56 Å². The fourth-order valence-electron chi connectivity index (χ4n) is 3.09. The van der Waals surface area contributed by atoms with Crippen LogP contribution in [-0.2, 0) is 11.3 Å². The molecule has 1 aliphatic heterocycles. The van der Waals surface area contributed by atoms with Gasteiger partial charge in [-0.25, -0.2) is 4.98 Å². The second-order valence-electron chi connectivity index (χ2n) is 6.32. The van der Waals surface area contributed by atoms with Crippen LogP contribution in [-0.4, -0.2) is 35.5 Å². The van der Waals surface area contributed by atoms with Crippen molar-refractivity contribution >= 4 is 28.6 Å². The van der Waals surface area contributed by atoms with Crippen LogP contribution in [0.15, 0.2) is 54.6 Å². The fraction of sp³-hybridized carbons (Fsp3) is 0.250. The van der Waals surface area contributed by atoms with Gasteiger partial charge in [0.05, 0.1) is 5.52 Å². The number of anilines is 2. The number of rotatable bonds is 4. The Morgan fingerprint density at radius 2 is 1.81 bits per heavy atom. The number of para-hydroxylation sites is 1. The first-order valence-corrected chi connectivity index (χ1v) is 8.86.